The van der Waals surface area contributed by atoms with Gasteiger partial charge in [-0.15, -0.1) is 11.8 Å². The van der Waals surface area contributed by atoms with Crippen molar-refractivity contribution in [2.45, 2.75) is 24.7 Å². The van der Waals surface area contributed by atoms with Crippen LogP contribution in [0.5, 0.6) is 0 Å². The monoisotopic (exact) mass is 382 g/mol. The van der Waals surface area contributed by atoms with Gasteiger partial charge in [0.1, 0.15) is 0 Å². The molecule has 0 unspecified atom stereocenters. The lowest BCUT2D eigenvalue weighted by Crippen LogP contribution is -2.30. The second-order valence-electron chi connectivity index (χ2n) is 5.65. The Labute approximate surface area is 150 Å². The maximum atomic E-state index is 12.0. The summed E-state index contributed by atoms with van der Waals surface area (Å²) in [7, 11) is -2.98. The number of benzene rings is 1. The molecular formula is C16H18N2O5S2. The van der Waals surface area contributed by atoms with Crippen molar-refractivity contribution in [2.24, 2.45) is 0 Å². The fraction of sp³-hybridized carbons (Fsp3) is 0.438. The summed E-state index contributed by atoms with van der Waals surface area (Å²) in [6.07, 6.45) is -0.439. The fourth-order valence-corrected chi connectivity index (χ4v) is 5.66. The molecule has 134 valence electrons. The largest absolute Gasteiger partial charge is 0.452 e. The van der Waals surface area contributed by atoms with Gasteiger partial charge >= 0.3 is 5.97 Å². The normalized spacial score (nSPS) is 19.6. The van der Waals surface area contributed by atoms with E-state index in [1.165, 1.54) is 18.7 Å². The lowest BCUT2D eigenvalue weighted by Gasteiger charge is -2.14. The van der Waals surface area contributed by atoms with Gasteiger partial charge in [-0.3, -0.25) is 9.59 Å². The molecule has 9 heteroatoms. The van der Waals surface area contributed by atoms with Crippen LogP contribution >= 0.6 is 11.8 Å². The number of anilines is 1. The van der Waals surface area contributed by atoms with E-state index in [1.807, 2.05) is 6.07 Å². The zero-order valence-corrected chi connectivity index (χ0v) is 15.2. The Morgan fingerprint density at radius 3 is 2.64 bits per heavy atom. The van der Waals surface area contributed by atoms with Gasteiger partial charge in [-0.25, -0.2) is 8.42 Å². The molecule has 0 radical (unpaired) electrons. The minimum Gasteiger partial charge on any atom is -0.452 e. The maximum Gasteiger partial charge on any atom is 0.316 e. The highest BCUT2D eigenvalue weighted by molar-refractivity contribution is 8.02. The van der Waals surface area contributed by atoms with Gasteiger partial charge in [-0.05, 0) is 37.6 Å². The van der Waals surface area contributed by atoms with E-state index in [4.69, 9.17) is 10.00 Å². The summed E-state index contributed by atoms with van der Waals surface area (Å²) in [4.78, 5) is 23.8. The van der Waals surface area contributed by atoms with Crippen molar-refractivity contribution in [3.05, 3.63) is 29.8 Å². The predicted octanol–water partition coefficient (Wildman–Crippen LogP) is 1.35. The molecule has 2 rings (SSSR count). The highest BCUT2D eigenvalue weighted by atomic mass is 32.2. The number of nitrogens with zero attached hydrogens (tertiary/aromatic N) is 1. The Bertz CT molecular complexity index is 784. The first-order chi connectivity index (χ1) is 11.8. The van der Waals surface area contributed by atoms with Crippen molar-refractivity contribution < 1.29 is 22.7 Å². The van der Waals surface area contributed by atoms with E-state index in [-0.39, 0.29) is 22.5 Å². The molecule has 7 nitrogen and oxygen atoms in total. The highest BCUT2D eigenvalue weighted by Crippen LogP contribution is 2.24. The Balaban J connectivity index is 1.76. The minimum atomic E-state index is -2.98. The van der Waals surface area contributed by atoms with Crippen LogP contribution in [-0.4, -0.2) is 48.9 Å². The molecule has 0 aliphatic carbocycles. The molecule has 2 atom stereocenters. The minimum absolute atomic E-state index is 0.00860. The Morgan fingerprint density at radius 2 is 2.08 bits per heavy atom. The summed E-state index contributed by atoms with van der Waals surface area (Å²) in [5.41, 5.74) is 0.973. The van der Waals surface area contributed by atoms with Crippen LogP contribution in [-0.2, 0) is 24.2 Å². The maximum absolute atomic E-state index is 12.0. The van der Waals surface area contributed by atoms with E-state index in [0.29, 0.717) is 17.7 Å². The summed E-state index contributed by atoms with van der Waals surface area (Å²) in [6, 6.07) is 8.28. The average Bonchev–Trinajstić information content (AvgIpc) is 2.92. The van der Waals surface area contributed by atoms with Gasteiger partial charge in [0, 0.05) is 10.9 Å². The summed E-state index contributed by atoms with van der Waals surface area (Å²) in [6.45, 7) is 1.46. The van der Waals surface area contributed by atoms with E-state index in [2.05, 4.69) is 5.32 Å². The Morgan fingerprint density at radius 1 is 1.40 bits per heavy atom. The zero-order chi connectivity index (χ0) is 18.4. The lowest BCUT2D eigenvalue weighted by atomic mass is 10.2. The van der Waals surface area contributed by atoms with E-state index >= 15 is 0 Å². The van der Waals surface area contributed by atoms with Gasteiger partial charge in [0.2, 0.25) is 0 Å². The van der Waals surface area contributed by atoms with Gasteiger partial charge in [0.25, 0.3) is 5.91 Å². The van der Waals surface area contributed by atoms with Crippen LogP contribution in [0.15, 0.2) is 24.3 Å². The van der Waals surface area contributed by atoms with Gasteiger partial charge < -0.3 is 10.1 Å². The summed E-state index contributed by atoms with van der Waals surface area (Å²) in [5.74, 6) is -0.791. The van der Waals surface area contributed by atoms with Gasteiger partial charge in [-0.1, -0.05) is 0 Å². The molecular weight excluding hydrogens is 364 g/mol. The number of carbonyl (C=O) groups excluding carboxylic acids is 2. The molecule has 0 saturated carbocycles. The molecule has 1 heterocycles. The standard InChI is InChI=1S/C16H18N2O5S2/c1-11(16(20)18-13-4-2-12(8-17)3-5-13)23-15(19)9-24-14-6-7-25(21,22)10-14/h2-5,11,14H,6-7,9-10H2,1H3,(H,18,20)/t11-,14+/m1/s1. The molecule has 0 spiro atoms. The Hall–Kier alpha value is -2.05. The van der Waals surface area contributed by atoms with Crippen molar-refractivity contribution in [3.63, 3.8) is 0 Å². The van der Waals surface area contributed by atoms with Crippen LogP contribution in [0.3, 0.4) is 0 Å². The number of sulfone groups is 1. The second kappa shape index (κ2) is 8.36. The quantitative estimate of drug-likeness (QED) is 0.739. The van der Waals surface area contributed by atoms with Gasteiger partial charge in [0.05, 0.1) is 28.9 Å². The zero-order valence-electron chi connectivity index (χ0n) is 13.6. The number of ether oxygens (including phenoxy) is 1. The van der Waals surface area contributed by atoms with Crippen LogP contribution in [0.4, 0.5) is 5.69 Å². The number of nitrogens with one attached hydrogen (secondary N) is 1. The molecule has 1 aliphatic heterocycles. The molecule has 1 amide bonds. The van der Waals surface area contributed by atoms with Crippen LogP contribution < -0.4 is 5.32 Å². The molecule has 1 fully saturated rings. The molecule has 1 aliphatic rings. The van der Waals surface area contributed by atoms with E-state index in [0.717, 1.165) is 0 Å². The van der Waals surface area contributed by atoms with Crippen molar-refractivity contribution in [3.8, 4) is 6.07 Å². The third-order valence-corrected chi connectivity index (χ3v) is 6.84. The molecule has 1 aromatic carbocycles. The number of carbonyl (C=O) groups is 2. The van der Waals surface area contributed by atoms with Gasteiger partial charge in [0.15, 0.2) is 15.9 Å². The summed E-state index contributed by atoms with van der Waals surface area (Å²) < 4.78 is 27.8. The van der Waals surface area contributed by atoms with Crippen LogP contribution in [0.25, 0.3) is 0 Å². The third kappa shape index (κ3) is 6.07. The molecule has 0 aromatic heterocycles. The predicted molar refractivity (Wildman–Crippen MR) is 94.9 cm³/mol. The fourth-order valence-electron chi connectivity index (χ4n) is 2.23. The number of esters is 1. The van der Waals surface area contributed by atoms with Gasteiger partial charge in [-0.2, -0.15) is 5.26 Å². The molecule has 0 bridgehead atoms. The third-order valence-electron chi connectivity index (χ3n) is 3.59. The van der Waals surface area contributed by atoms with E-state index in [1.54, 1.807) is 24.3 Å². The molecule has 1 saturated heterocycles. The average molecular weight is 382 g/mol. The number of nitriles is 1. The van der Waals surface area contributed by atoms with Crippen molar-refractivity contribution in [1.29, 1.82) is 5.26 Å². The van der Waals surface area contributed by atoms with Crippen LogP contribution in [0.1, 0.15) is 18.9 Å². The SMILES string of the molecule is C[C@@H](OC(=O)CS[C@H]1CCS(=O)(=O)C1)C(=O)Nc1ccc(C#N)cc1. The topological polar surface area (TPSA) is 113 Å². The number of hydrogen-bond acceptors (Lipinski definition) is 7. The van der Waals surface area contributed by atoms with Crippen LogP contribution in [0, 0.1) is 11.3 Å². The summed E-state index contributed by atoms with van der Waals surface area (Å²) in [5, 5.41) is 11.2. The number of amides is 1. The molecule has 25 heavy (non-hydrogen) atoms. The van der Waals surface area contributed by atoms with E-state index < -0.39 is 27.8 Å². The smallest absolute Gasteiger partial charge is 0.316 e. The first-order valence-electron chi connectivity index (χ1n) is 7.61. The number of rotatable bonds is 6. The van der Waals surface area contributed by atoms with E-state index in [9.17, 15) is 18.0 Å². The Kier molecular flexibility index (Phi) is 6.45. The van der Waals surface area contributed by atoms with Crippen molar-refractivity contribution in [2.75, 3.05) is 22.6 Å². The van der Waals surface area contributed by atoms with Crippen molar-refractivity contribution in [1.82, 2.24) is 0 Å². The van der Waals surface area contributed by atoms with Crippen LogP contribution in [0.2, 0.25) is 0 Å². The van der Waals surface area contributed by atoms with Crippen molar-refractivity contribution >= 4 is 39.2 Å². The number of hydrogen-bond donors (Lipinski definition) is 1. The number of thioether (sulfide) groups is 1. The molecule has 1 aromatic rings. The second-order valence-corrected chi connectivity index (χ2v) is 9.16. The first-order valence-corrected chi connectivity index (χ1v) is 10.5. The molecule has 1 N–H and O–H groups in total. The lowest BCUT2D eigenvalue weighted by molar-refractivity contribution is -0.150. The highest BCUT2D eigenvalue weighted by Gasteiger charge is 2.29. The first kappa shape index (κ1) is 19.3. The summed E-state index contributed by atoms with van der Waals surface area (Å²) >= 11 is 1.24.